The van der Waals surface area contributed by atoms with Gasteiger partial charge in [-0.3, -0.25) is 9.59 Å². The molecule has 1 heterocycles. The van der Waals surface area contributed by atoms with Crippen molar-refractivity contribution in [2.75, 3.05) is 18.4 Å². The molecule has 1 atom stereocenters. The minimum Gasteiger partial charge on any atom is -0.341 e. The van der Waals surface area contributed by atoms with Gasteiger partial charge in [0.05, 0.1) is 4.90 Å². The molecule has 0 spiro atoms. The topological polar surface area (TPSA) is 95.6 Å². The van der Waals surface area contributed by atoms with Crippen LogP contribution in [0.2, 0.25) is 0 Å². The SMILES string of the molecule is CC(=O)Nc1ccc(S(=O)(=O)N[C@@H](CC(C)C)C(=O)N2CCCCC2)cc1. The van der Waals surface area contributed by atoms with Gasteiger partial charge in [-0.1, -0.05) is 13.8 Å². The molecule has 0 saturated carbocycles. The van der Waals surface area contributed by atoms with E-state index in [1.165, 1.54) is 31.2 Å². The summed E-state index contributed by atoms with van der Waals surface area (Å²) in [6, 6.07) is 5.12. The van der Waals surface area contributed by atoms with E-state index < -0.39 is 16.1 Å². The zero-order valence-corrected chi connectivity index (χ0v) is 17.0. The van der Waals surface area contributed by atoms with E-state index in [1.807, 2.05) is 13.8 Å². The largest absolute Gasteiger partial charge is 0.341 e. The molecule has 1 fully saturated rings. The van der Waals surface area contributed by atoms with Gasteiger partial charge in [0.25, 0.3) is 0 Å². The number of likely N-dealkylation sites (tertiary alicyclic amines) is 1. The summed E-state index contributed by atoms with van der Waals surface area (Å²) in [6.07, 6.45) is 3.46. The highest BCUT2D eigenvalue weighted by molar-refractivity contribution is 7.89. The maximum atomic E-state index is 12.9. The minimum absolute atomic E-state index is 0.0665. The van der Waals surface area contributed by atoms with Crippen LogP contribution in [0, 0.1) is 5.92 Å². The van der Waals surface area contributed by atoms with Gasteiger partial charge in [0.2, 0.25) is 21.8 Å². The van der Waals surface area contributed by atoms with Crippen molar-refractivity contribution in [1.29, 1.82) is 0 Å². The van der Waals surface area contributed by atoms with Gasteiger partial charge in [-0.15, -0.1) is 0 Å². The quantitative estimate of drug-likeness (QED) is 0.741. The second-order valence-electron chi connectivity index (χ2n) is 7.39. The van der Waals surface area contributed by atoms with Crippen molar-refractivity contribution in [3.63, 3.8) is 0 Å². The van der Waals surface area contributed by atoms with Crippen molar-refractivity contribution < 1.29 is 18.0 Å². The van der Waals surface area contributed by atoms with Gasteiger partial charge < -0.3 is 10.2 Å². The number of rotatable bonds is 7. The van der Waals surface area contributed by atoms with Crippen LogP contribution in [0.1, 0.15) is 46.5 Å². The Hall–Kier alpha value is -1.93. The molecule has 8 heteroatoms. The van der Waals surface area contributed by atoms with Crippen molar-refractivity contribution >= 4 is 27.5 Å². The third kappa shape index (κ3) is 6.32. The Morgan fingerprint density at radius 1 is 1.07 bits per heavy atom. The highest BCUT2D eigenvalue weighted by atomic mass is 32.2. The monoisotopic (exact) mass is 395 g/mol. The molecule has 27 heavy (non-hydrogen) atoms. The number of benzene rings is 1. The Balaban J connectivity index is 2.16. The maximum Gasteiger partial charge on any atom is 0.241 e. The van der Waals surface area contributed by atoms with Gasteiger partial charge in [0.15, 0.2) is 0 Å². The van der Waals surface area contributed by atoms with Gasteiger partial charge in [-0.05, 0) is 55.9 Å². The Labute approximate surface area is 161 Å². The van der Waals surface area contributed by atoms with Crippen LogP contribution in [0.5, 0.6) is 0 Å². The predicted molar refractivity (Wildman–Crippen MR) is 105 cm³/mol. The molecule has 2 N–H and O–H groups in total. The number of carbonyl (C=O) groups excluding carboxylic acids is 2. The van der Waals surface area contributed by atoms with Gasteiger partial charge in [0.1, 0.15) is 6.04 Å². The average molecular weight is 396 g/mol. The van der Waals surface area contributed by atoms with Crippen molar-refractivity contribution in [3.8, 4) is 0 Å². The first-order valence-electron chi connectivity index (χ1n) is 9.38. The fraction of sp³-hybridized carbons (Fsp3) is 0.579. The number of amides is 2. The molecule has 1 aliphatic heterocycles. The van der Waals surface area contributed by atoms with Crippen molar-refractivity contribution in [1.82, 2.24) is 9.62 Å². The van der Waals surface area contributed by atoms with Crippen LogP contribution in [0.25, 0.3) is 0 Å². The highest BCUT2D eigenvalue weighted by Crippen LogP contribution is 2.18. The molecular weight excluding hydrogens is 366 g/mol. The third-order valence-electron chi connectivity index (χ3n) is 4.46. The van der Waals surface area contributed by atoms with Crippen molar-refractivity contribution in [3.05, 3.63) is 24.3 Å². The van der Waals surface area contributed by atoms with E-state index in [0.29, 0.717) is 25.2 Å². The number of hydrogen-bond donors (Lipinski definition) is 2. The fourth-order valence-corrected chi connectivity index (χ4v) is 4.38. The summed E-state index contributed by atoms with van der Waals surface area (Å²) in [5.74, 6) is -0.205. The van der Waals surface area contributed by atoms with E-state index in [1.54, 1.807) is 4.90 Å². The zero-order valence-electron chi connectivity index (χ0n) is 16.2. The van der Waals surface area contributed by atoms with Gasteiger partial charge in [-0.25, -0.2) is 8.42 Å². The Bertz CT molecular complexity index is 754. The van der Waals surface area contributed by atoms with Crippen LogP contribution in [0.3, 0.4) is 0 Å². The lowest BCUT2D eigenvalue weighted by atomic mass is 10.0. The minimum atomic E-state index is -3.84. The molecule has 7 nitrogen and oxygen atoms in total. The molecule has 1 aromatic rings. The summed E-state index contributed by atoms with van der Waals surface area (Å²) in [6.45, 7) is 6.68. The van der Waals surface area contributed by atoms with Crippen molar-refractivity contribution in [2.24, 2.45) is 5.92 Å². The molecule has 2 rings (SSSR count). The second-order valence-corrected chi connectivity index (χ2v) is 9.11. The number of nitrogens with one attached hydrogen (secondary N) is 2. The fourth-order valence-electron chi connectivity index (χ4n) is 3.18. The van der Waals surface area contributed by atoms with Crippen LogP contribution >= 0.6 is 0 Å². The summed E-state index contributed by atoms with van der Waals surface area (Å²) in [5.41, 5.74) is 0.518. The number of carbonyl (C=O) groups is 2. The third-order valence-corrected chi connectivity index (χ3v) is 5.94. The molecule has 0 aromatic heterocycles. The number of piperidine rings is 1. The van der Waals surface area contributed by atoms with Gasteiger partial charge in [-0.2, -0.15) is 4.72 Å². The van der Waals surface area contributed by atoms with Crippen LogP contribution in [0.4, 0.5) is 5.69 Å². The number of hydrogen-bond acceptors (Lipinski definition) is 4. The molecule has 1 aliphatic rings. The first-order valence-corrected chi connectivity index (χ1v) is 10.9. The molecule has 0 unspecified atom stereocenters. The number of sulfonamides is 1. The molecule has 0 bridgehead atoms. The average Bonchev–Trinajstić information content (AvgIpc) is 2.60. The van der Waals surface area contributed by atoms with E-state index in [4.69, 9.17) is 0 Å². The lowest BCUT2D eigenvalue weighted by Gasteiger charge is -2.31. The van der Waals surface area contributed by atoms with Crippen molar-refractivity contribution in [2.45, 2.75) is 57.4 Å². The Morgan fingerprint density at radius 3 is 2.19 bits per heavy atom. The molecule has 0 aliphatic carbocycles. The summed E-state index contributed by atoms with van der Waals surface area (Å²) in [5, 5.41) is 2.60. The van der Waals surface area contributed by atoms with Crippen LogP contribution in [-0.2, 0) is 19.6 Å². The van der Waals surface area contributed by atoms with Crippen LogP contribution in [-0.4, -0.2) is 44.3 Å². The molecule has 150 valence electrons. The van der Waals surface area contributed by atoms with Gasteiger partial charge in [0, 0.05) is 25.7 Å². The van der Waals surface area contributed by atoms with E-state index in [0.717, 1.165) is 19.3 Å². The Kier molecular flexibility index (Phi) is 7.38. The molecule has 1 aromatic carbocycles. The lowest BCUT2D eigenvalue weighted by Crippen LogP contribution is -2.50. The number of anilines is 1. The van der Waals surface area contributed by atoms with E-state index in [2.05, 4.69) is 10.0 Å². The summed E-state index contributed by atoms with van der Waals surface area (Å²) < 4.78 is 28.1. The van der Waals surface area contributed by atoms with E-state index >= 15 is 0 Å². The lowest BCUT2D eigenvalue weighted by molar-refractivity contribution is -0.134. The zero-order chi connectivity index (χ0) is 20.0. The predicted octanol–water partition coefficient (Wildman–Crippen LogP) is 2.35. The highest BCUT2D eigenvalue weighted by Gasteiger charge is 2.30. The van der Waals surface area contributed by atoms with E-state index in [9.17, 15) is 18.0 Å². The van der Waals surface area contributed by atoms with E-state index in [-0.39, 0.29) is 22.6 Å². The first-order chi connectivity index (χ1) is 12.7. The maximum absolute atomic E-state index is 12.9. The van der Waals surface area contributed by atoms with Crippen LogP contribution < -0.4 is 10.0 Å². The summed E-state index contributed by atoms with van der Waals surface area (Å²) >= 11 is 0. The molecular formula is C19H29N3O4S. The smallest absolute Gasteiger partial charge is 0.241 e. The second kappa shape index (κ2) is 9.32. The van der Waals surface area contributed by atoms with Crippen LogP contribution in [0.15, 0.2) is 29.2 Å². The summed E-state index contributed by atoms with van der Waals surface area (Å²) in [4.78, 5) is 25.8. The van der Waals surface area contributed by atoms with Gasteiger partial charge >= 0.3 is 0 Å². The standard InChI is InChI=1S/C19H29N3O4S/c1-14(2)13-18(19(24)22-11-5-4-6-12-22)21-27(25,26)17-9-7-16(8-10-17)20-15(3)23/h7-10,14,18,21H,4-6,11-13H2,1-3H3,(H,20,23)/t18-/m0/s1. The number of nitrogens with zero attached hydrogens (tertiary/aromatic N) is 1. The molecule has 0 radical (unpaired) electrons. The normalized spacial score (nSPS) is 16.2. The molecule has 2 amide bonds. The molecule has 1 saturated heterocycles. The summed E-state index contributed by atoms with van der Waals surface area (Å²) in [7, 11) is -3.84. The Morgan fingerprint density at radius 2 is 1.67 bits per heavy atom. The first kappa shape index (κ1) is 21.4.